The van der Waals surface area contributed by atoms with Crippen molar-refractivity contribution in [3.63, 3.8) is 0 Å². The largest absolute Gasteiger partial charge is 0.497 e. The predicted octanol–water partition coefficient (Wildman–Crippen LogP) is 2.87. The van der Waals surface area contributed by atoms with Crippen LogP contribution in [0.25, 0.3) is 0 Å². The fourth-order valence-corrected chi connectivity index (χ4v) is 2.45. The number of ether oxygens (including phenoxy) is 2. The number of rotatable bonds is 7. The van der Waals surface area contributed by atoms with E-state index in [1.54, 1.807) is 35.9 Å². The van der Waals surface area contributed by atoms with Crippen molar-refractivity contribution >= 4 is 5.91 Å². The Balaban J connectivity index is 1.56. The van der Waals surface area contributed by atoms with Crippen LogP contribution < -0.4 is 9.47 Å². The van der Waals surface area contributed by atoms with E-state index in [2.05, 4.69) is 5.10 Å². The molecule has 0 atom stereocenters. The summed E-state index contributed by atoms with van der Waals surface area (Å²) >= 11 is 0. The topological polar surface area (TPSA) is 69.7 Å². The van der Waals surface area contributed by atoms with Gasteiger partial charge in [-0.3, -0.25) is 9.48 Å². The summed E-state index contributed by atoms with van der Waals surface area (Å²) in [6.07, 6.45) is 1.84. The van der Waals surface area contributed by atoms with Gasteiger partial charge in [-0.25, -0.2) is 0 Å². The first kappa shape index (κ1) is 17.6. The molecule has 3 rings (SSSR count). The average molecular weight is 355 g/mol. The highest BCUT2D eigenvalue weighted by molar-refractivity contribution is 5.91. The molecule has 0 aliphatic carbocycles. The summed E-state index contributed by atoms with van der Waals surface area (Å²) in [5.41, 5.74) is 0.818. The molecule has 0 saturated heterocycles. The minimum atomic E-state index is -0.202. The minimum Gasteiger partial charge on any atom is -0.497 e. The van der Waals surface area contributed by atoms with Gasteiger partial charge in [0.15, 0.2) is 5.76 Å². The van der Waals surface area contributed by atoms with Crippen LogP contribution in [0.15, 0.2) is 53.1 Å². The van der Waals surface area contributed by atoms with Crippen LogP contribution in [0.2, 0.25) is 0 Å². The molecule has 0 bridgehead atoms. The summed E-state index contributed by atoms with van der Waals surface area (Å²) in [5.74, 6) is 2.11. The first-order chi connectivity index (χ1) is 12.5. The van der Waals surface area contributed by atoms with Crippen LogP contribution in [-0.4, -0.2) is 34.7 Å². The van der Waals surface area contributed by atoms with E-state index in [-0.39, 0.29) is 18.3 Å². The lowest BCUT2D eigenvalue weighted by Crippen LogP contribution is -2.26. The van der Waals surface area contributed by atoms with Gasteiger partial charge >= 0.3 is 0 Å². The number of carbonyl (C=O) groups excluding carboxylic acids is 1. The predicted molar refractivity (Wildman–Crippen MR) is 95.0 cm³/mol. The Morgan fingerprint density at radius 2 is 1.88 bits per heavy atom. The second-order valence-corrected chi connectivity index (χ2v) is 5.87. The number of furan rings is 1. The average Bonchev–Trinajstić information content (AvgIpc) is 3.28. The molecule has 3 aromatic rings. The Hall–Kier alpha value is -3.22. The summed E-state index contributed by atoms with van der Waals surface area (Å²) in [5, 5.41) is 4.27. The van der Waals surface area contributed by atoms with Gasteiger partial charge in [0.2, 0.25) is 0 Å². The number of aryl methyl sites for hydroxylation is 1. The quantitative estimate of drug-likeness (QED) is 0.652. The van der Waals surface area contributed by atoms with E-state index in [9.17, 15) is 4.79 Å². The van der Waals surface area contributed by atoms with Gasteiger partial charge in [0.1, 0.15) is 23.9 Å². The maximum Gasteiger partial charge on any atom is 0.289 e. The second-order valence-electron chi connectivity index (χ2n) is 5.87. The molecule has 1 amide bonds. The Morgan fingerprint density at radius 3 is 2.54 bits per heavy atom. The van der Waals surface area contributed by atoms with E-state index in [0.29, 0.717) is 18.1 Å². The number of nitrogens with zero attached hydrogens (tertiary/aromatic N) is 3. The third-order valence-corrected chi connectivity index (χ3v) is 3.83. The van der Waals surface area contributed by atoms with Crippen LogP contribution in [0.3, 0.4) is 0 Å². The van der Waals surface area contributed by atoms with Crippen LogP contribution in [0.5, 0.6) is 11.5 Å². The standard InChI is InChI=1S/C19H21N3O4/c1-21(12-14-10-11-22(2)20-14)19(23)18-9-8-17(26-18)13-25-16-6-4-15(24-3)5-7-16/h4-11H,12-13H2,1-3H3. The molecule has 2 aromatic heterocycles. The van der Waals surface area contributed by atoms with Crippen molar-refractivity contribution in [2.75, 3.05) is 14.2 Å². The van der Waals surface area contributed by atoms with Crippen LogP contribution in [0, 0.1) is 0 Å². The van der Waals surface area contributed by atoms with Gasteiger partial charge in [-0.05, 0) is 42.5 Å². The highest BCUT2D eigenvalue weighted by atomic mass is 16.5. The molecule has 26 heavy (non-hydrogen) atoms. The van der Waals surface area contributed by atoms with Gasteiger partial charge in [-0.15, -0.1) is 0 Å². The molecular formula is C19H21N3O4. The zero-order valence-electron chi connectivity index (χ0n) is 15.0. The molecule has 0 aliphatic rings. The molecule has 0 aliphatic heterocycles. The molecule has 1 aromatic carbocycles. The van der Waals surface area contributed by atoms with Crippen molar-refractivity contribution in [1.82, 2.24) is 14.7 Å². The monoisotopic (exact) mass is 355 g/mol. The van der Waals surface area contributed by atoms with Crippen molar-refractivity contribution in [2.45, 2.75) is 13.2 Å². The van der Waals surface area contributed by atoms with Gasteiger partial charge < -0.3 is 18.8 Å². The third kappa shape index (κ3) is 4.24. The van der Waals surface area contributed by atoms with E-state index in [4.69, 9.17) is 13.9 Å². The van der Waals surface area contributed by atoms with Crippen molar-refractivity contribution in [3.8, 4) is 11.5 Å². The fraction of sp³-hybridized carbons (Fsp3) is 0.263. The van der Waals surface area contributed by atoms with Crippen molar-refractivity contribution in [3.05, 3.63) is 65.9 Å². The molecule has 2 heterocycles. The van der Waals surface area contributed by atoms with Gasteiger partial charge in [0.25, 0.3) is 5.91 Å². The third-order valence-electron chi connectivity index (χ3n) is 3.83. The van der Waals surface area contributed by atoms with E-state index in [1.807, 2.05) is 43.6 Å². The Labute approximate surface area is 151 Å². The van der Waals surface area contributed by atoms with Crippen LogP contribution in [0.1, 0.15) is 22.0 Å². The maximum atomic E-state index is 12.5. The maximum absolute atomic E-state index is 12.5. The van der Waals surface area contributed by atoms with Crippen molar-refractivity contribution < 1.29 is 18.7 Å². The molecule has 136 valence electrons. The highest BCUT2D eigenvalue weighted by Crippen LogP contribution is 2.19. The number of hydrogen-bond donors (Lipinski definition) is 0. The summed E-state index contributed by atoms with van der Waals surface area (Å²) in [6, 6.07) is 12.5. The second kappa shape index (κ2) is 7.77. The highest BCUT2D eigenvalue weighted by Gasteiger charge is 2.17. The van der Waals surface area contributed by atoms with Crippen molar-refractivity contribution in [1.29, 1.82) is 0 Å². The molecule has 0 N–H and O–H groups in total. The summed E-state index contributed by atoms with van der Waals surface area (Å²) in [6.45, 7) is 0.654. The van der Waals surface area contributed by atoms with Gasteiger partial charge in [-0.1, -0.05) is 0 Å². The first-order valence-corrected chi connectivity index (χ1v) is 8.14. The number of methoxy groups -OCH3 is 1. The number of aromatic nitrogens is 2. The lowest BCUT2D eigenvalue weighted by atomic mass is 10.3. The SMILES string of the molecule is COc1ccc(OCc2ccc(C(=O)N(C)Cc3ccn(C)n3)o2)cc1. The molecular weight excluding hydrogens is 334 g/mol. The summed E-state index contributed by atoms with van der Waals surface area (Å²) in [7, 11) is 5.17. The van der Waals surface area contributed by atoms with Gasteiger partial charge in [0, 0.05) is 20.3 Å². The summed E-state index contributed by atoms with van der Waals surface area (Å²) < 4.78 is 18.1. The molecule has 0 unspecified atom stereocenters. The lowest BCUT2D eigenvalue weighted by molar-refractivity contribution is 0.0747. The van der Waals surface area contributed by atoms with Crippen LogP contribution in [-0.2, 0) is 20.2 Å². The zero-order chi connectivity index (χ0) is 18.5. The zero-order valence-corrected chi connectivity index (χ0v) is 15.0. The number of amides is 1. The molecule has 0 saturated carbocycles. The molecule has 0 fully saturated rings. The first-order valence-electron chi connectivity index (χ1n) is 8.14. The lowest BCUT2D eigenvalue weighted by Gasteiger charge is -2.14. The van der Waals surface area contributed by atoms with E-state index < -0.39 is 0 Å². The van der Waals surface area contributed by atoms with Crippen LogP contribution in [0.4, 0.5) is 0 Å². The van der Waals surface area contributed by atoms with E-state index in [1.165, 1.54) is 0 Å². The van der Waals surface area contributed by atoms with Gasteiger partial charge in [-0.2, -0.15) is 5.10 Å². The number of hydrogen-bond acceptors (Lipinski definition) is 5. The fourth-order valence-electron chi connectivity index (χ4n) is 2.45. The Kier molecular flexibility index (Phi) is 5.26. The normalized spacial score (nSPS) is 10.6. The number of benzene rings is 1. The van der Waals surface area contributed by atoms with Crippen molar-refractivity contribution in [2.24, 2.45) is 7.05 Å². The molecule has 7 nitrogen and oxygen atoms in total. The number of carbonyl (C=O) groups is 1. The smallest absolute Gasteiger partial charge is 0.289 e. The molecule has 0 radical (unpaired) electrons. The Morgan fingerprint density at radius 1 is 1.15 bits per heavy atom. The molecule has 0 spiro atoms. The van der Waals surface area contributed by atoms with Crippen LogP contribution >= 0.6 is 0 Å². The van der Waals surface area contributed by atoms with E-state index in [0.717, 1.165) is 11.4 Å². The molecule has 7 heteroatoms. The van der Waals surface area contributed by atoms with Gasteiger partial charge in [0.05, 0.1) is 19.3 Å². The summed E-state index contributed by atoms with van der Waals surface area (Å²) in [4.78, 5) is 14.0. The minimum absolute atomic E-state index is 0.202. The Bertz CT molecular complexity index is 867. The van der Waals surface area contributed by atoms with E-state index >= 15 is 0 Å².